The molecule has 0 atom stereocenters. The van der Waals surface area contributed by atoms with E-state index in [0.717, 1.165) is 11.1 Å². The van der Waals surface area contributed by atoms with Gasteiger partial charge in [-0.25, -0.2) is 14.8 Å². The number of amides is 1. The van der Waals surface area contributed by atoms with Gasteiger partial charge in [0, 0.05) is 5.69 Å². The highest BCUT2D eigenvalue weighted by molar-refractivity contribution is 6.74. The Bertz CT molecular complexity index is 853. The number of carbonyl (C=O) groups is 1. The number of halogens is 1. The lowest BCUT2D eigenvalue weighted by atomic mass is 10.2. The number of fused-ring (bicyclic) bond motifs is 1. The van der Waals surface area contributed by atoms with Gasteiger partial charge in [-0.05, 0) is 45.0 Å². The van der Waals surface area contributed by atoms with Crippen LogP contribution >= 0.6 is 11.6 Å². The summed E-state index contributed by atoms with van der Waals surface area (Å²) in [7, 11) is -1.94. The van der Waals surface area contributed by atoms with E-state index in [1.54, 1.807) is 0 Å². The maximum Gasteiger partial charge on any atom is 0.409 e. The van der Waals surface area contributed by atoms with E-state index in [0.29, 0.717) is 17.4 Å². The highest BCUT2D eigenvalue weighted by atomic mass is 35.5. The first kappa shape index (κ1) is 22.6. The average Bonchev–Trinajstić information content (AvgIpc) is 2.87. The summed E-state index contributed by atoms with van der Waals surface area (Å²) >= 11 is 6.25. The van der Waals surface area contributed by atoms with E-state index < -0.39 is 20.0 Å². The second kappa shape index (κ2) is 8.00. The van der Waals surface area contributed by atoms with Gasteiger partial charge in [0.15, 0.2) is 8.32 Å². The predicted molar refractivity (Wildman–Crippen MR) is 114 cm³/mol. The van der Waals surface area contributed by atoms with Gasteiger partial charge in [0.2, 0.25) is 0 Å². The second-order valence-electron chi connectivity index (χ2n) is 9.35. The molecule has 28 heavy (non-hydrogen) atoms. The van der Waals surface area contributed by atoms with Crippen molar-refractivity contribution in [3.63, 3.8) is 0 Å². The molecule has 1 N–H and O–H groups in total. The molecular formula is C19H31ClN4O3Si. The van der Waals surface area contributed by atoms with Crippen molar-refractivity contribution in [3.05, 3.63) is 23.2 Å². The number of carbonyl (C=O) groups excluding carboxylic acids is 1. The van der Waals surface area contributed by atoms with Crippen LogP contribution in [-0.4, -0.2) is 34.5 Å². The summed E-state index contributed by atoms with van der Waals surface area (Å²) in [4.78, 5) is 20.5. The van der Waals surface area contributed by atoms with Gasteiger partial charge in [0.1, 0.15) is 22.7 Å². The van der Waals surface area contributed by atoms with Gasteiger partial charge in [0.25, 0.3) is 0 Å². The first-order valence-electron chi connectivity index (χ1n) is 9.31. The van der Waals surface area contributed by atoms with E-state index in [9.17, 15) is 4.79 Å². The summed E-state index contributed by atoms with van der Waals surface area (Å²) in [5.74, 6) is 0. The molecule has 1 amide bonds. The van der Waals surface area contributed by atoms with Crippen LogP contribution in [-0.2, 0) is 22.4 Å². The number of ether oxygens (including phenoxy) is 1. The van der Waals surface area contributed by atoms with E-state index in [4.69, 9.17) is 20.8 Å². The molecule has 0 spiro atoms. The zero-order valence-electron chi connectivity index (χ0n) is 18.0. The van der Waals surface area contributed by atoms with Gasteiger partial charge in [-0.2, -0.15) is 0 Å². The van der Waals surface area contributed by atoms with Crippen LogP contribution in [0.25, 0.3) is 11.0 Å². The van der Waals surface area contributed by atoms with Gasteiger partial charge in [-0.15, -0.1) is 0 Å². The minimum Gasteiger partial charge on any atom is -0.444 e. The average molecular weight is 427 g/mol. The monoisotopic (exact) mass is 426 g/mol. The van der Waals surface area contributed by atoms with Crippen molar-refractivity contribution >= 4 is 37.0 Å². The lowest BCUT2D eigenvalue weighted by Gasteiger charge is -2.36. The van der Waals surface area contributed by atoms with Crippen LogP contribution in [0.2, 0.25) is 23.3 Å². The molecular weight excluding hydrogens is 396 g/mol. The normalized spacial score (nSPS) is 13.0. The first-order valence-corrected chi connectivity index (χ1v) is 12.6. The Kier molecular flexibility index (Phi) is 6.47. The molecule has 9 heteroatoms. The molecule has 156 valence electrons. The molecule has 2 heterocycles. The molecule has 2 aromatic rings. The van der Waals surface area contributed by atoms with Crippen LogP contribution in [0.15, 0.2) is 12.4 Å². The zero-order valence-corrected chi connectivity index (χ0v) is 19.8. The predicted octanol–water partition coefficient (Wildman–Crippen LogP) is 5.09. The summed E-state index contributed by atoms with van der Waals surface area (Å²) in [6, 6.07) is 1.92. The highest BCUT2D eigenvalue weighted by Crippen LogP contribution is 2.37. The van der Waals surface area contributed by atoms with E-state index in [1.807, 2.05) is 31.4 Å². The van der Waals surface area contributed by atoms with Gasteiger partial charge in [-0.3, -0.25) is 0 Å². The van der Waals surface area contributed by atoms with E-state index in [-0.39, 0.29) is 11.7 Å². The first-order chi connectivity index (χ1) is 12.7. The van der Waals surface area contributed by atoms with Crippen LogP contribution in [0.4, 0.5) is 4.79 Å². The molecule has 0 fully saturated rings. The number of hydrogen-bond donors (Lipinski definition) is 1. The van der Waals surface area contributed by atoms with E-state index in [2.05, 4.69) is 49.1 Å². The molecule has 0 aliphatic carbocycles. The summed E-state index contributed by atoms with van der Waals surface area (Å²) < 4.78 is 13.6. The molecule has 2 rings (SSSR count). The van der Waals surface area contributed by atoms with Gasteiger partial charge < -0.3 is 19.0 Å². The third kappa shape index (κ3) is 5.45. The fourth-order valence-corrected chi connectivity index (χ4v) is 3.43. The molecule has 7 nitrogen and oxygen atoms in total. The summed E-state index contributed by atoms with van der Waals surface area (Å²) in [5.41, 5.74) is 0.950. The maximum atomic E-state index is 12.1. The Balaban J connectivity index is 2.28. The maximum absolute atomic E-state index is 12.1. The van der Waals surface area contributed by atoms with Crippen LogP contribution in [0.3, 0.4) is 0 Å². The molecule has 0 unspecified atom stereocenters. The number of aromatic nitrogens is 3. The fourth-order valence-electron chi connectivity index (χ4n) is 2.31. The number of hydrogen-bond acceptors (Lipinski definition) is 5. The summed E-state index contributed by atoms with van der Waals surface area (Å²) in [6.07, 6.45) is 0.915. The van der Waals surface area contributed by atoms with Crippen molar-refractivity contribution in [2.45, 2.75) is 78.6 Å². The number of nitrogens with zero attached hydrogens (tertiary/aromatic N) is 3. The molecule has 0 aliphatic heterocycles. The van der Waals surface area contributed by atoms with Gasteiger partial charge in [-0.1, -0.05) is 32.4 Å². The number of nitrogens with one attached hydrogen (secondary N) is 1. The van der Waals surface area contributed by atoms with Crippen molar-refractivity contribution in [1.29, 1.82) is 0 Å². The van der Waals surface area contributed by atoms with Gasteiger partial charge >= 0.3 is 6.09 Å². The Morgan fingerprint density at radius 2 is 1.86 bits per heavy atom. The number of alkyl carbamates (subject to hydrolysis) is 1. The Labute approximate surface area is 172 Å². The molecule has 2 aromatic heterocycles. The third-order valence-corrected chi connectivity index (χ3v) is 9.67. The van der Waals surface area contributed by atoms with E-state index >= 15 is 0 Å². The van der Waals surface area contributed by atoms with Crippen molar-refractivity contribution in [2.75, 3.05) is 0 Å². The fraction of sp³-hybridized carbons (Fsp3) is 0.632. The lowest BCUT2D eigenvalue weighted by Crippen LogP contribution is -2.40. The largest absolute Gasteiger partial charge is 0.444 e. The van der Waals surface area contributed by atoms with Crippen molar-refractivity contribution in [2.24, 2.45) is 0 Å². The van der Waals surface area contributed by atoms with Crippen molar-refractivity contribution in [1.82, 2.24) is 19.9 Å². The molecule has 0 aromatic carbocycles. The quantitative estimate of drug-likeness (QED) is 0.532. The SMILES string of the molecule is CC(C)(C)OC(=O)NCn1c(CO[Si](C)(C)C(C)(C)C)cc2c(Cl)ncnc21. The van der Waals surface area contributed by atoms with Crippen molar-refractivity contribution < 1.29 is 14.0 Å². The van der Waals surface area contributed by atoms with Crippen LogP contribution in [0.5, 0.6) is 0 Å². The van der Waals surface area contributed by atoms with E-state index in [1.165, 1.54) is 6.33 Å². The zero-order chi connectivity index (χ0) is 21.3. The molecule has 0 aliphatic rings. The Hall–Kier alpha value is -1.64. The van der Waals surface area contributed by atoms with Crippen LogP contribution in [0.1, 0.15) is 47.2 Å². The standard InChI is InChI=1S/C19H31ClN4O3Si/c1-18(2,3)27-17(25)23-12-24-13(10-26-28(7,8)19(4,5)6)9-14-15(20)21-11-22-16(14)24/h9,11H,10,12H2,1-8H3,(H,23,25). The molecule has 0 saturated heterocycles. The van der Waals surface area contributed by atoms with Crippen LogP contribution < -0.4 is 5.32 Å². The minimum atomic E-state index is -1.94. The topological polar surface area (TPSA) is 78.3 Å². The number of rotatable bonds is 5. The summed E-state index contributed by atoms with van der Waals surface area (Å²) in [6.45, 7) is 17.1. The highest BCUT2D eigenvalue weighted by Gasteiger charge is 2.37. The Morgan fingerprint density at radius 3 is 2.43 bits per heavy atom. The smallest absolute Gasteiger partial charge is 0.409 e. The van der Waals surface area contributed by atoms with Gasteiger partial charge in [0.05, 0.1) is 18.7 Å². The van der Waals surface area contributed by atoms with Crippen LogP contribution in [0, 0.1) is 0 Å². The molecule has 0 saturated carbocycles. The summed E-state index contributed by atoms with van der Waals surface area (Å²) in [5, 5.41) is 3.96. The molecule has 0 bridgehead atoms. The molecule has 0 radical (unpaired) electrons. The minimum absolute atomic E-state index is 0.0933. The lowest BCUT2D eigenvalue weighted by molar-refractivity contribution is 0.0511. The Morgan fingerprint density at radius 1 is 1.21 bits per heavy atom. The third-order valence-electron chi connectivity index (χ3n) is 4.90. The second-order valence-corrected chi connectivity index (χ2v) is 14.5. The van der Waals surface area contributed by atoms with Crippen molar-refractivity contribution in [3.8, 4) is 0 Å².